The van der Waals surface area contributed by atoms with Crippen LogP contribution in [0.5, 0.6) is 0 Å². The van der Waals surface area contributed by atoms with Crippen LogP contribution in [0.25, 0.3) is 11.5 Å². The van der Waals surface area contributed by atoms with Gasteiger partial charge in [-0.15, -0.1) is 10.2 Å². The molecule has 0 unspecified atom stereocenters. The van der Waals surface area contributed by atoms with Crippen LogP contribution in [0.1, 0.15) is 43.6 Å². The van der Waals surface area contributed by atoms with Crippen molar-refractivity contribution in [2.45, 2.75) is 45.4 Å². The van der Waals surface area contributed by atoms with Gasteiger partial charge < -0.3 is 14.6 Å². The van der Waals surface area contributed by atoms with Crippen LogP contribution >= 0.6 is 0 Å². The lowest BCUT2D eigenvalue weighted by molar-refractivity contribution is -0.116. The van der Waals surface area contributed by atoms with Gasteiger partial charge in [-0.3, -0.25) is 4.79 Å². The maximum Gasteiger partial charge on any atom is 0.247 e. The molecule has 1 aliphatic rings. The number of carbonyl (C=O) groups is 1. The molecular weight excluding hydrogens is 376 g/mol. The third-order valence-corrected chi connectivity index (χ3v) is 5.46. The Morgan fingerprint density at radius 2 is 1.73 bits per heavy atom. The fourth-order valence-electron chi connectivity index (χ4n) is 3.77. The molecule has 0 aliphatic carbocycles. The van der Waals surface area contributed by atoms with Gasteiger partial charge in [0, 0.05) is 31.5 Å². The van der Waals surface area contributed by atoms with Gasteiger partial charge in [0.1, 0.15) is 0 Å². The first-order chi connectivity index (χ1) is 14.7. The zero-order chi connectivity index (χ0) is 20.8. The number of hydrogen-bond donors (Lipinski definition) is 1. The quantitative estimate of drug-likeness (QED) is 0.626. The molecule has 1 aliphatic heterocycles. The van der Waals surface area contributed by atoms with Crippen molar-refractivity contribution in [2.75, 3.05) is 23.3 Å². The first-order valence-electron chi connectivity index (χ1n) is 10.7. The van der Waals surface area contributed by atoms with E-state index in [2.05, 4.69) is 26.5 Å². The highest BCUT2D eigenvalue weighted by atomic mass is 16.4. The van der Waals surface area contributed by atoms with Crippen LogP contribution in [0.3, 0.4) is 0 Å². The molecule has 0 bridgehead atoms. The number of para-hydroxylation sites is 2. The zero-order valence-corrected chi connectivity index (χ0v) is 17.4. The van der Waals surface area contributed by atoms with Gasteiger partial charge in [-0.05, 0) is 44.0 Å². The van der Waals surface area contributed by atoms with Gasteiger partial charge in [-0.1, -0.05) is 42.7 Å². The van der Waals surface area contributed by atoms with Crippen molar-refractivity contribution in [3.05, 3.63) is 60.0 Å². The molecule has 3 aromatic rings. The summed E-state index contributed by atoms with van der Waals surface area (Å²) in [5.41, 5.74) is 4.04. The van der Waals surface area contributed by atoms with E-state index in [-0.39, 0.29) is 5.91 Å². The van der Waals surface area contributed by atoms with E-state index in [1.54, 1.807) is 0 Å². The summed E-state index contributed by atoms with van der Waals surface area (Å²) in [6.45, 7) is 4.11. The van der Waals surface area contributed by atoms with Gasteiger partial charge in [-0.2, -0.15) is 0 Å². The van der Waals surface area contributed by atoms with Crippen molar-refractivity contribution in [1.29, 1.82) is 0 Å². The van der Waals surface area contributed by atoms with Crippen LogP contribution in [0.4, 0.5) is 11.4 Å². The number of rotatable bonds is 6. The third-order valence-electron chi connectivity index (χ3n) is 5.46. The third kappa shape index (κ3) is 5.06. The van der Waals surface area contributed by atoms with E-state index >= 15 is 0 Å². The Morgan fingerprint density at radius 1 is 1.00 bits per heavy atom. The topological polar surface area (TPSA) is 71.3 Å². The molecule has 0 radical (unpaired) electrons. The number of aryl methyl sites for hydroxylation is 2. The number of anilines is 2. The summed E-state index contributed by atoms with van der Waals surface area (Å²) in [6, 6.07) is 16.0. The van der Waals surface area contributed by atoms with Crippen LogP contribution in [-0.2, 0) is 11.2 Å². The monoisotopic (exact) mass is 404 g/mol. The molecule has 4 rings (SSSR count). The number of nitrogens with zero attached hydrogens (tertiary/aromatic N) is 3. The Balaban J connectivity index is 1.36. The molecule has 1 fully saturated rings. The molecule has 156 valence electrons. The highest BCUT2D eigenvalue weighted by molar-refractivity contribution is 5.94. The minimum atomic E-state index is -0.0487. The van der Waals surface area contributed by atoms with Gasteiger partial charge in [-0.25, -0.2) is 0 Å². The largest absolute Gasteiger partial charge is 0.421 e. The molecular formula is C24H28N4O2. The molecule has 2 heterocycles. The number of amides is 1. The van der Waals surface area contributed by atoms with E-state index in [4.69, 9.17) is 4.42 Å². The van der Waals surface area contributed by atoms with E-state index in [0.717, 1.165) is 30.0 Å². The van der Waals surface area contributed by atoms with Gasteiger partial charge in [0.05, 0.1) is 11.4 Å². The second-order valence-corrected chi connectivity index (χ2v) is 7.83. The molecule has 1 N–H and O–H groups in total. The summed E-state index contributed by atoms with van der Waals surface area (Å²) in [7, 11) is 0. The predicted octanol–water partition coefficient (Wildman–Crippen LogP) is 5.00. The van der Waals surface area contributed by atoms with E-state index in [1.165, 1.54) is 31.2 Å². The van der Waals surface area contributed by atoms with Crippen LogP contribution in [0.15, 0.2) is 52.9 Å². The summed E-state index contributed by atoms with van der Waals surface area (Å²) in [6.07, 6.45) is 5.66. The van der Waals surface area contributed by atoms with Crippen molar-refractivity contribution < 1.29 is 9.21 Å². The van der Waals surface area contributed by atoms with Crippen molar-refractivity contribution in [2.24, 2.45) is 0 Å². The van der Waals surface area contributed by atoms with E-state index in [9.17, 15) is 4.79 Å². The SMILES string of the molecule is Cc1ccc(-c2nnc(CCC(=O)Nc3ccccc3N3CCCCCC3)o2)cc1. The lowest BCUT2D eigenvalue weighted by Crippen LogP contribution is -2.25. The number of nitrogens with one attached hydrogen (secondary N) is 1. The summed E-state index contributed by atoms with van der Waals surface area (Å²) < 4.78 is 5.73. The molecule has 6 heteroatoms. The summed E-state index contributed by atoms with van der Waals surface area (Å²) in [5, 5.41) is 11.3. The van der Waals surface area contributed by atoms with E-state index in [0.29, 0.717) is 24.6 Å². The molecule has 1 saturated heterocycles. The Bertz CT molecular complexity index is 973. The molecule has 2 aromatic carbocycles. The first-order valence-corrected chi connectivity index (χ1v) is 10.7. The maximum atomic E-state index is 12.6. The number of hydrogen-bond acceptors (Lipinski definition) is 5. The van der Waals surface area contributed by atoms with Crippen molar-refractivity contribution in [1.82, 2.24) is 10.2 Å². The van der Waals surface area contributed by atoms with Crippen LogP contribution in [0, 0.1) is 6.92 Å². The van der Waals surface area contributed by atoms with Crippen molar-refractivity contribution >= 4 is 17.3 Å². The first kappa shape index (κ1) is 20.1. The van der Waals surface area contributed by atoms with Crippen LogP contribution in [0.2, 0.25) is 0 Å². The fraction of sp³-hybridized carbons (Fsp3) is 0.375. The van der Waals surface area contributed by atoms with E-state index < -0.39 is 0 Å². The Labute approximate surface area is 177 Å². The Morgan fingerprint density at radius 3 is 2.50 bits per heavy atom. The smallest absolute Gasteiger partial charge is 0.247 e. The molecule has 6 nitrogen and oxygen atoms in total. The second kappa shape index (κ2) is 9.57. The highest BCUT2D eigenvalue weighted by Crippen LogP contribution is 2.28. The summed E-state index contributed by atoms with van der Waals surface area (Å²) >= 11 is 0. The normalized spacial score (nSPS) is 14.4. The fourth-order valence-corrected chi connectivity index (χ4v) is 3.77. The number of carbonyl (C=O) groups excluding carboxylic acids is 1. The molecule has 0 spiro atoms. The molecule has 1 amide bonds. The highest BCUT2D eigenvalue weighted by Gasteiger charge is 2.16. The predicted molar refractivity (Wildman–Crippen MR) is 119 cm³/mol. The standard InChI is InChI=1S/C24H28N4O2/c1-18-10-12-19(13-11-18)24-27-26-23(30-24)15-14-22(29)25-20-8-4-5-9-21(20)28-16-6-2-3-7-17-28/h4-5,8-13H,2-3,6-7,14-17H2,1H3,(H,25,29). The zero-order valence-electron chi connectivity index (χ0n) is 17.4. The van der Waals surface area contributed by atoms with Crippen LogP contribution < -0.4 is 10.2 Å². The van der Waals surface area contributed by atoms with Gasteiger partial charge >= 0.3 is 0 Å². The summed E-state index contributed by atoms with van der Waals surface area (Å²) in [4.78, 5) is 15.0. The Kier molecular flexibility index (Phi) is 6.42. The van der Waals surface area contributed by atoms with Crippen molar-refractivity contribution in [3.8, 4) is 11.5 Å². The molecule has 1 aromatic heterocycles. The van der Waals surface area contributed by atoms with Gasteiger partial charge in [0.25, 0.3) is 0 Å². The maximum absolute atomic E-state index is 12.6. The molecule has 0 atom stereocenters. The minimum absolute atomic E-state index is 0.0487. The second-order valence-electron chi connectivity index (χ2n) is 7.83. The van der Waals surface area contributed by atoms with Gasteiger partial charge in [0.2, 0.25) is 17.7 Å². The Hall–Kier alpha value is -3.15. The summed E-state index contributed by atoms with van der Waals surface area (Å²) in [5.74, 6) is 0.908. The number of aromatic nitrogens is 2. The molecule has 0 saturated carbocycles. The molecule has 30 heavy (non-hydrogen) atoms. The van der Waals surface area contributed by atoms with Crippen LogP contribution in [-0.4, -0.2) is 29.2 Å². The average Bonchev–Trinajstić information content (AvgIpc) is 3.07. The van der Waals surface area contributed by atoms with E-state index in [1.807, 2.05) is 49.4 Å². The average molecular weight is 405 g/mol. The minimum Gasteiger partial charge on any atom is -0.421 e. The van der Waals surface area contributed by atoms with Crippen molar-refractivity contribution in [3.63, 3.8) is 0 Å². The lowest BCUT2D eigenvalue weighted by Gasteiger charge is -2.25. The van der Waals surface area contributed by atoms with Gasteiger partial charge in [0.15, 0.2) is 0 Å². The number of benzene rings is 2. The lowest BCUT2D eigenvalue weighted by atomic mass is 10.1.